The van der Waals surface area contributed by atoms with Gasteiger partial charge >= 0.3 is 0 Å². The van der Waals surface area contributed by atoms with Gasteiger partial charge in [-0.1, -0.05) is 6.07 Å². The molecule has 0 unspecified atom stereocenters. The zero-order valence-electron chi connectivity index (χ0n) is 14.4. The second kappa shape index (κ2) is 8.39. The highest BCUT2D eigenvalue weighted by molar-refractivity contribution is 5.53. The van der Waals surface area contributed by atoms with E-state index in [2.05, 4.69) is 47.7 Å². The van der Waals surface area contributed by atoms with Crippen molar-refractivity contribution in [3.63, 3.8) is 0 Å². The third-order valence-corrected chi connectivity index (χ3v) is 4.71. The van der Waals surface area contributed by atoms with Crippen molar-refractivity contribution in [1.29, 1.82) is 0 Å². The number of phenolic OH excluding ortho intramolecular Hbond substituents is 1. The number of hydrogen-bond donors (Lipinski definition) is 1. The summed E-state index contributed by atoms with van der Waals surface area (Å²) in [5.41, 5.74) is 2.19. The lowest BCUT2D eigenvalue weighted by Crippen LogP contribution is -2.44. The molecule has 1 fully saturated rings. The van der Waals surface area contributed by atoms with Crippen molar-refractivity contribution >= 4 is 5.69 Å². The second-order valence-corrected chi connectivity index (χ2v) is 6.23. The van der Waals surface area contributed by atoms with Crippen molar-refractivity contribution in [2.45, 2.75) is 26.7 Å². The number of nitrogens with zero attached hydrogens (tertiary/aromatic N) is 3. The Morgan fingerprint density at radius 3 is 2.36 bits per heavy atom. The topological polar surface area (TPSA) is 30.0 Å². The van der Waals surface area contributed by atoms with Crippen molar-refractivity contribution in [2.75, 3.05) is 57.8 Å². The number of benzene rings is 1. The minimum absolute atomic E-state index is 0.447. The SMILES string of the molecule is CCN(CC)c1ccc(CCCN2CCN(C)CC2)c(O)c1. The maximum atomic E-state index is 10.3. The molecule has 22 heavy (non-hydrogen) atoms. The molecule has 4 heteroatoms. The third kappa shape index (κ3) is 4.62. The summed E-state index contributed by atoms with van der Waals surface area (Å²) in [6.45, 7) is 12.0. The van der Waals surface area contributed by atoms with Crippen LogP contribution in [0.5, 0.6) is 5.75 Å². The van der Waals surface area contributed by atoms with Gasteiger partial charge in [-0.3, -0.25) is 0 Å². The first-order chi connectivity index (χ1) is 10.6. The molecule has 4 nitrogen and oxygen atoms in total. The molecular formula is C18H31N3O. The number of rotatable bonds is 7. The van der Waals surface area contributed by atoms with Crippen LogP contribution >= 0.6 is 0 Å². The molecule has 0 saturated carbocycles. The van der Waals surface area contributed by atoms with Crippen LogP contribution in [0.25, 0.3) is 0 Å². The molecule has 0 aliphatic carbocycles. The van der Waals surface area contributed by atoms with Gasteiger partial charge in [0.2, 0.25) is 0 Å². The van der Waals surface area contributed by atoms with Crippen LogP contribution in [-0.2, 0) is 6.42 Å². The summed E-state index contributed by atoms with van der Waals surface area (Å²) >= 11 is 0. The van der Waals surface area contributed by atoms with E-state index in [1.54, 1.807) is 0 Å². The van der Waals surface area contributed by atoms with Crippen molar-refractivity contribution in [1.82, 2.24) is 9.80 Å². The van der Waals surface area contributed by atoms with Crippen LogP contribution in [-0.4, -0.2) is 67.8 Å². The lowest BCUT2D eigenvalue weighted by molar-refractivity contribution is 0.153. The van der Waals surface area contributed by atoms with Crippen LogP contribution in [0.15, 0.2) is 18.2 Å². The zero-order chi connectivity index (χ0) is 15.9. The quantitative estimate of drug-likeness (QED) is 0.838. The maximum Gasteiger partial charge on any atom is 0.120 e. The molecular weight excluding hydrogens is 274 g/mol. The monoisotopic (exact) mass is 305 g/mol. The fourth-order valence-corrected chi connectivity index (χ4v) is 3.11. The summed E-state index contributed by atoms with van der Waals surface area (Å²) in [5.74, 6) is 0.447. The largest absolute Gasteiger partial charge is 0.508 e. The molecule has 0 amide bonds. The average Bonchev–Trinajstić information content (AvgIpc) is 2.52. The highest BCUT2D eigenvalue weighted by Gasteiger charge is 2.13. The maximum absolute atomic E-state index is 10.3. The summed E-state index contributed by atoms with van der Waals surface area (Å²) in [6.07, 6.45) is 2.07. The van der Waals surface area contributed by atoms with Crippen molar-refractivity contribution < 1.29 is 5.11 Å². The number of aromatic hydroxyl groups is 1. The lowest BCUT2D eigenvalue weighted by Gasteiger charge is -2.32. The summed E-state index contributed by atoms with van der Waals surface area (Å²) in [5, 5.41) is 10.3. The van der Waals surface area contributed by atoms with Gasteiger partial charge in [0.25, 0.3) is 0 Å². The molecule has 1 aliphatic heterocycles. The fraction of sp³-hybridized carbons (Fsp3) is 0.667. The van der Waals surface area contributed by atoms with Gasteiger partial charge in [-0.05, 0) is 51.9 Å². The summed E-state index contributed by atoms with van der Waals surface area (Å²) in [6, 6.07) is 6.14. The minimum Gasteiger partial charge on any atom is -0.508 e. The number of likely N-dealkylation sites (N-methyl/N-ethyl adjacent to an activating group) is 1. The van der Waals surface area contributed by atoms with Crippen molar-refractivity contribution in [2.24, 2.45) is 0 Å². The Labute approximate surface area is 135 Å². The van der Waals surface area contributed by atoms with Crippen LogP contribution in [0.2, 0.25) is 0 Å². The summed E-state index contributed by atoms with van der Waals surface area (Å²) in [4.78, 5) is 7.17. The highest BCUT2D eigenvalue weighted by Crippen LogP contribution is 2.25. The Morgan fingerprint density at radius 1 is 1.09 bits per heavy atom. The minimum atomic E-state index is 0.447. The molecule has 1 aromatic rings. The van der Waals surface area contributed by atoms with Crippen LogP contribution in [0.4, 0.5) is 5.69 Å². The van der Waals surface area contributed by atoms with Gasteiger partial charge in [0.05, 0.1) is 0 Å². The molecule has 124 valence electrons. The van der Waals surface area contributed by atoms with E-state index in [0.29, 0.717) is 5.75 Å². The highest BCUT2D eigenvalue weighted by atomic mass is 16.3. The Morgan fingerprint density at radius 2 is 1.77 bits per heavy atom. The normalized spacial score (nSPS) is 16.9. The van der Waals surface area contributed by atoms with E-state index in [0.717, 1.165) is 43.7 Å². The van der Waals surface area contributed by atoms with Gasteiger partial charge in [0, 0.05) is 51.0 Å². The fourth-order valence-electron chi connectivity index (χ4n) is 3.11. The first-order valence-corrected chi connectivity index (χ1v) is 8.61. The third-order valence-electron chi connectivity index (χ3n) is 4.71. The van der Waals surface area contributed by atoms with Crippen molar-refractivity contribution in [3.05, 3.63) is 23.8 Å². The second-order valence-electron chi connectivity index (χ2n) is 6.23. The number of phenols is 1. The number of anilines is 1. The van der Waals surface area contributed by atoms with E-state index >= 15 is 0 Å². The number of piperazine rings is 1. The number of aryl methyl sites for hydroxylation is 1. The van der Waals surface area contributed by atoms with Crippen molar-refractivity contribution in [3.8, 4) is 5.75 Å². The van der Waals surface area contributed by atoms with Crippen LogP contribution in [0.3, 0.4) is 0 Å². The van der Waals surface area contributed by atoms with Crippen LogP contribution in [0.1, 0.15) is 25.8 Å². The zero-order valence-corrected chi connectivity index (χ0v) is 14.4. The van der Waals surface area contributed by atoms with Gasteiger partial charge < -0.3 is 19.8 Å². The average molecular weight is 305 g/mol. The molecule has 1 N–H and O–H groups in total. The van der Waals surface area contributed by atoms with Gasteiger partial charge in [-0.2, -0.15) is 0 Å². The first-order valence-electron chi connectivity index (χ1n) is 8.61. The molecule has 0 bridgehead atoms. The molecule has 1 heterocycles. The first kappa shape index (κ1) is 17.1. The predicted octanol–water partition coefficient (Wildman–Crippen LogP) is 2.42. The molecule has 1 aliphatic rings. The van der Waals surface area contributed by atoms with E-state index in [9.17, 15) is 5.11 Å². The van der Waals surface area contributed by atoms with Crippen LogP contribution < -0.4 is 4.90 Å². The molecule has 1 saturated heterocycles. The Bertz CT molecular complexity index is 452. The standard InChI is InChI=1S/C18H31N3O/c1-4-21(5-2)17-9-8-16(18(22)15-17)7-6-10-20-13-11-19(3)12-14-20/h8-9,15,22H,4-7,10-14H2,1-3H3. The molecule has 0 spiro atoms. The summed E-state index contributed by atoms with van der Waals surface area (Å²) < 4.78 is 0. The smallest absolute Gasteiger partial charge is 0.120 e. The summed E-state index contributed by atoms with van der Waals surface area (Å²) in [7, 11) is 2.19. The van der Waals surface area contributed by atoms with Crippen LogP contribution in [0, 0.1) is 0 Å². The number of hydrogen-bond acceptors (Lipinski definition) is 4. The van der Waals surface area contributed by atoms with Gasteiger partial charge in [0.1, 0.15) is 5.75 Å². The molecule has 0 aromatic heterocycles. The lowest BCUT2D eigenvalue weighted by atomic mass is 10.1. The van der Waals surface area contributed by atoms with E-state index in [-0.39, 0.29) is 0 Å². The van der Waals surface area contributed by atoms with E-state index in [4.69, 9.17) is 0 Å². The van der Waals surface area contributed by atoms with Gasteiger partial charge in [0.15, 0.2) is 0 Å². The van der Waals surface area contributed by atoms with Gasteiger partial charge in [-0.25, -0.2) is 0 Å². The van der Waals surface area contributed by atoms with E-state index in [1.165, 1.54) is 26.2 Å². The molecule has 1 aromatic carbocycles. The Hall–Kier alpha value is -1.26. The van der Waals surface area contributed by atoms with E-state index in [1.807, 2.05) is 6.07 Å². The Kier molecular flexibility index (Phi) is 6.52. The molecule has 2 rings (SSSR count). The molecule has 0 radical (unpaired) electrons. The predicted molar refractivity (Wildman–Crippen MR) is 93.9 cm³/mol. The van der Waals surface area contributed by atoms with E-state index < -0.39 is 0 Å². The van der Waals surface area contributed by atoms with Gasteiger partial charge in [-0.15, -0.1) is 0 Å². The Balaban J connectivity index is 1.83. The molecule has 0 atom stereocenters.